The molecule has 0 unspecified atom stereocenters. The van der Waals surface area contributed by atoms with Crippen LogP contribution in [0.5, 0.6) is 0 Å². The minimum Gasteiger partial charge on any atom is -0.311 e. The Morgan fingerprint density at radius 2 is 1.00 bits per heavy atom. The predicted molar refractivity (Wildman–Crippen MR) is 236 cm³/mol. The first-order valence-electron chi connectivity index (χ1n) is 18.8. The van der Waals surface area contributed by atoms with Gasteiger partial charge in [-0.05, 0) is 101 Å². The molecule has 11 rings (SSSR count). The van der Waals surface area contributed by atoms with Crippen LogP contribution >= 0.6 is 11.3 Å². The van der Waals surface area contributed by atoms with E-state index in [0.29, 0.717) is 0 Å². The molecule has 0 saturated carbocycles. The van der Waals surface area contributed by atoms with Crippen molar-refractivity contribution in [2.75, 3.05) is 14.7 Å². The molecule has 1 aromatic heterocycles. The highest BCUT2D eigenvalue weighted by molar-refractivity contribution is 7.33. The van der Waals surface area contributed by atoms with Crippen molar-refractivity contribution in [1.29, 1.82) is 0 Å². The van der Waals surface area contributed by atoms with Crippen molar-refractivity contribution in [1.82, 2.24) is 0 Å². The normalized spacial score (nSPS) is 12.6. The molecule has 0 fully saturated rings. The lowest BCUT2D eigenvalue weighted by molar-refractivity contribution is 1.24. The molecule has 0 spiro atoms. The molecule has 8 aromatic carbocycles. The van der Waals surface area contributed by atoms with Gasteiger partial charge in [0.2, 0.25) is 0 Å². The van der Waals surface area contributed by atoms with Gasteiger partial charge in [-0.25, -0.2) is 0 Å². The van der Waals surface area contributed by atoms with Gasteiger partial charge in [-0.1, -0.05) is 127 Å². The largest absolute Gasteiger partial charge is 0.311 e. The summed E-state index contributed by atoms with van der Waals surface area (Å²) in [5, 5.41) is 1.28. The number of fused-ring (bicyclic) bond motifs is 6. The molecule has 2 aliphatic rings. The third kappa shape index (κ3) is 5.12. The second-order valence-corrected chi connectivity index (χ2v) is 15.2. The Morgan fingerprint density at radius 1 is 0.418 bits per heavy atom. The summed E-state index contributed by atoms with van der Waals surface area (Å²) in [7, 11) is 0. The van der Waals surface area contributed by atoms with Crippen LogP contribution < -0.4 is 30.4 Å². The Labute approximate surface area is 325 Å². The summed E-state index contributed by atoms with van der Waals surface area (Å²) in [4.78, 5) is 7.38. The average molecular weight is 720 g/mol. The maximum atomic E-state index is 2.53. The number of thiophene rings is 1. The van der Waals surface area contributed by atoms with Gasteiger partial charge in [-0.3, -0.25) is 0 Å². The number of hydrogen-bond acceptors (Lipinski definition) is 4. The lowest BCUT2D eigenvalue weighted by Crippen LogP contribution is -2.60. The molecule has 0 radical (unpaired) electrons. The lowest BCUT2D eigenvalue weighted by Gasteiger charge is -2.43. The van der Waals surface area contributed by atoms with Crippen LogP contribution in [0.1, 0.15) is 0 Å². The van der Waals surface area contributed by atoms with E-state index in [0.717, 1.165) is 28.4 Å². The highest BCUT2D eigenvalue weighted by Gasteiger charge is 2.45. The fraction of sp³-hybridized carbons (Fsp3) is 0. The van der Waals surface area contributed by atoms with E-state index in [1.807, 2.05) is 11.3 Å². The summed E-state index contributed by atoms with van der Waals surface area (Å²) in [5.74, 6) is 0. The molecule has 5 heteroatoms. The van der Waals surface area contributed by atoms with Crippen LogP contribution in [0.25, 0.3) is 21.2 Å². The fourth-order valence-corrected chi connectivity index (χ4v) is 9.99. The van der Waals surface area contributed by atoms with Crippen LogP contribution in [-0.4, -0.2) is 6.71 Å². The Morgan fingerprint density at radius 3 is 1.73 bits per heavy atom. The first kappa shape index (κ1) is 31.7. The molecule has 0 saturated heterocycles. The zero-order valence-electron chi connectivity index (χ0n) is 30.0. The highest BCUT2D eigenvalue weighted by atomic mass is 32.1. The van der Waals surface area contributed by atoms with E-state index in [1.54, 1.807) is 0 Å². The van der Waals surface area contributed by atoms with E-state index >= 15 is 0 Å². The van der Waals surface area contributed by atoms with Gasteiger partial charge in [0.05, 0.1) is 5.69 Å². The van der Waals surface area contributed by atoms with E-state index in [9.17, 15) is 0 Å². The van der Waals surface area contributed by atoms with Gasteiger partial charge in [0.25, 0.3) is 6.71 Å². The third-order valence-corrected chi connectivity index (χ3v) is 12.2. The van der Waals surface area contributed by atoms with E-state index in [2.05, 4.69) is 221 Å². The molecule has 258 valence electrons. The third-order valence-electron chi connectivity index (χ3n) is 11.0. The topological polar surface area (TPSA) is 9.72 Å². The number of nitrogens with zero attached hydrogens (tertiary/aromatic N) is 3. The number of para-hydroxylation sites is 3. The van der Waals surface area contributed by atoms with Crippen molar-refractivity contribution in [3.8, 4) is 11.1 Å². The zero-order valence-corrected chi connectivity index (χ0v) is 30.8. The second-order valence-electron chi connectivity index (χ2n) is 14.1. The maximum absolute atomic E-state index is 2.53. The molecule has 0 amide bonds. The fourth-order valence-electron chi connectivity index (χ4n) is 8.67. The van der Waals surface area contributed by atoms with Crippen molar-refractivity contribution in [3.63, 3.8) is 0 Å². The van der Waals surface area contributed by atoms with Gasteiger partial charge in [0.1, 0.15) is 0 Å². The summed E-state index contributed by atoms with van der Waals surface area (Å²) in [6, 6.07) is 74.9. The first-order chi connectivity index (χ1) is 27.3. The van der Waals surface area contributed by atoms with Gasteiger partial charge >= 0.3 is 0 Å². The summed E-state index contributed by atoms with van der Waals surface area (Å²) in [6.07, 6.45) is 0. The molecule has 3 heterocycles. The monoisotopic (exact) mass is 719 g/mol. The van der Waals surface area contributed by atoms with E-state index in [4.69, 9.17) is 0 Å². The summed E-state index contributed by atoms with van der Waals surface area (Å²) < 4.78 is 2.67. The minimum absolute atomic E-state index is 0.0538. The number of benzene rings is 8. The Hall–Kier alpha value is -6.82. The standard InChI is InChI=1S/C50H34BN3S/c1-5-17-35(18-6-1)36-19-15-26-40(33-36)54-45-29-16-28-44-48(45)51(50-49(54)42-27-13-14-30-47(42)55-50)43-32-31-41(34-46(43)53(44)39-24-11-4-12-25-39)52(37-20-7-2-8-21-37)38-22-9-3-10-23-38/h1-34H. The molecule has 2 aliphatic heterocycles. The van der Waals surface area contributed by atoms with Crippen molar-refractivity contribution in [2.45, 2.75) is 0 Å². The first-order valence-corrected chi connectivity index (χ1v) is 19.6. The average Bonchev–Trinajstić information content (AvgIpc) is 3.64. The quantitative estimate of drug-likeness (QED) is 0.158. The van der Waals surface area contributed by atoms with Crippen molar-refractivity contribution in [2.24, 2.45) is 0 Å². The van der Waals surface area contributed by atoms with Crippen LogP contribution in [0.3, 0.4) is 0 Å². The van der Waals surface area contributed by atoms with Crippen LogP contribution in [0.2, 0.25) is 0 Å². The predicted octanol–water partition coefficient (Wildman–Crippen LogP) is 12.1. The molecule has 3 nitrogen and oxygen atoms in total. The van der Waals surface area contributed by atoms with Crippen molar-refractivity contribution >= 4 is 95.0 Å². The van der Waals surface area contributed by atoms with Crippen molar-refractivity contribution in [3.05, 3.63) is 206 Å². The Bertz CT molecular complexity index is 2800. The van der Waals surface area contributed by atoms with Crippen LogP contribution in [0, 0.1) is 0 Å². The molecular weight excluding hydrogens is 685 g/mol. The smallest absolute Gasteiger partial charge is 0.264 e. The van der Waals surface area contributed by atoms with E-state index < -0.39 is 0 Å². The molecule has 9 aromatic rings. The van der Waals surface area contributed by atoms with Gasteiger partial charge in [0, 0.05) is 60.4 Å². The minimum atomic E-state index is 0.0538. The molecule has 55 heavy (non-hydrogen) atoms. The molecule has 0 atom stereocenters. The number of rotatable bonds is 6. The number of anilines is 9. The highest BCUT2D eigenvalue weighted by Crippen LogP contribution is 2.49. The zero-order chi connectivity index (χ0) is 36.3. The van der Waals surface area contributed by atoms with E-state index in [1.165, 1.54) is 59.7 Å². The van der Waals surface area contributed by atoms with Crippen LogP contribution in [0.4, 0.5) is 51.2 Å². The molecule has 0 bridgehead atoms. The van der Waals surface area contributed by atoms with Crippen LogP contribution in [-0.2, 0) is 0 Å². The molecule has 0 aliphatic carbocycles. The summed E-state index contributed by atoms with van der Waals surface area (Å²) in [6.45, 7) is 0.0538. The Kier molecular flexibility index (Phi) is 7.46. The summed E-state index contributed by atoms with van der Waals surface area (Å²) in [5.41, 5.74) is 15.6. The molecule has 0 N–H and O–H groups in total. The molecular formula is C50H34BN3S. The van der Waals surface area contributed by atoms with Gasteiger partial charge in [-0.15, -0.1) is 11.3 Å². The van der Waals surface area contributed by atoms with Gasteiger partial charge in [-0.2, -0.15) is 0 Å². The van der Waals surface area contributed by atoms with Gasteiger partial charge < -0.3 is 14.7 Å². The SMILES string of the molecule is c1ccc(-c2cccc(N3c4cccc5c4B(c4ccc(N(c6ccccc6)c6ccccc6)cc4N5c4ccccc4)c4sc5ccccc5c43)c2)cc1. The van der Waals surface area contributed by atoms with Crippen LogP contribution in [0.15, 0.2) is 206 Å². The Balaban J connectivity index is 1.18. The lowest BCUT2D eigenvalue weighted by atomic mass is 9.36. The maximum Gasteiger partial charge on any atom is 0.264 e. The number of hydrogen-bond donors (Lipinski definition) is 0. The summed E-state index contributed by atoms with van der Waals surface area (Å²) >= 11 is 1.93. The van der Waals surface area contributed by atoms with Crippen molar-refractivity contribution < 1.29 is 0 Å². The van der Waals surface area contributed by atoms with E-state index in [-0.39, 0.29) is 6.71 Å². The second kappa shape index (κ2) is 12.9. The van der Waals surface area contributed by atoms with Gasteiger partial charge in [0.15, 0.2) is 0 Å².